The van der Waals surface area contributed by atoms with E-state index in [9.17, 15) is 4.79 Å². The highest BCUT2D eigenvalue weighted by atomic mass is 16.5. The summed E-state index contributed by atoms with van der Waals surface area (Å²) in [5.41, 5.74) is 4.31. The fourth-order valence-corrected chi connectivity index (χ4v) is 2.38. The number of hydrazone groups is 1. The van der Waals surface area contributed by atoms with E-state index in [0.717, 1.165) is 29.8 Å². The first-order valence-electron chi connectivity index (χ1n) is 8.95. The Morgan fingerprint density at radius 2 is 2.08 bits per heavy atom. The zero-order valence-corrected chi connectivity index (χ0v) is 15.7. The van der Waals surface area contributed by atoms with Crippen LogP contribution in [0.1, 0.15) is 37.9 Å². The SMILES string of the molecule is CCCCOc1ccc(/C=N\NC(=O)Cc2cccn2C)cc1OCC. The lowest BCUT2D eigenvalue weighted by atomic mass is 10.2. The van der Waals surface area contributed by atoms with Gasteiger partial charge in [-0.25, -0.2) is 5.43 Å². The van der Waals surface area contributed by atoms with Crippen LogP contribution in [0.15, 0.2) is 41.6 Å². The van der Waals surface area contributed by atoms with Crippen molar-refractivity contribution in [1.29, 1.82) is 0 Å². The number of rotatable bonds is 10. The van der Waals surface area contributed by atoms with Gasteiger partial charge in [-0.15, -0.1) is 0 Å². The van der Waals surface area contributed by atoms with Crippen LogP contribution in [0, 0.1) is 0 Å². The number of nitrogens with zero attached hydrogens (tertiary/aromatic N) is 2. The lowest BCUT2D eigenvalue weighted by Crippen LogP contribution is -2.20. The number of amides is 1. The summed E-state index contributed by atoms with van der Waals surface area (Å²) in [7, 11) is 1.91. The second-order valence-electron chi connectivity index (χ2n) is 5.92. The maximum Gasteiger partial charge on any atom is 0.245 e. The van der Waals surface area contributed by atoms with E-state index in [1.54, 1.807) is 6.21 Å². The van der Waals surface area contributed by atoms with E-state index in [1.807, 2.05) is 55.1 Å². The molecule has 0 aliphatic rings. The molecule has 1 heterocycles. The Morgan fingerprint density at radius 1 is 1.23 bits per heavy atom. The summed E-state index contributed by atoms with van der Waals surface area (Å²) in [5, 5.41) is 4.03. The molecule has 0 unspecified atom stereocenters. The molecule has 0 radical (unpaired) electrons. The van der Waals surface area contributed by atoms with E-state index in [1.165, 1.54) is 0 Å². The van der Waals surface area contributed by atoms with Crippen LogP contribution in [0.25, 0.3) is 0 Å². The summed E-state index contributed by atoms with van der Waals surface area (Å²) in [6, 6.07) is 9.43. The van der Waals surface area contributed by atoms with Gasteiger partial charge in [0.2, 0.25) is 5.91 Å². The minimum atomic E-state index is -0.160. The van der Waals surface area contributed by atoms with Crippen LogP contribution in [0.3, 0.4) is 0 Å². The molecule has 6 nitrogen and oxygen atoms in total. The van der Waals surface area contributed by atoms with Crippen LogP contribution < -0.4 is 14.9 Å². The Hall–Kier alpha value is -2.76. The molecule has 0 saturated heterocycles. The molecule has 140 valence electrons. The molecule has 2 rings (SSSR count). The predicted molar refractivity (Wildman–Crippen MR) is 103 cm³/mol. The van der Waals surface area contributed by atoms with E-state index in [0.29, 0.717) is 19.0 Å². The van der Waals surface area contributed by atoms with Gasteiger partial charge < -0.3 is 14.0 Å². The molecule has 6 heteroatoms. The first-order chi connectivity index (χ1) is 12.6. The highest BCUT2D eigenvalue weighted by Crippen LogP contribution is 2.28. The third kappa shape index (κ3) is 5.95. The van der Waals surface area contributed by atoms with Crippen LogP contribution >= 0.6 is 0 Å². The number of carbonyl (C=O) groups is 1. The maximum atomic E-state index is 11.9. The molecule has 2 aromatic rings. The number of ether oxygens (including phenoxy) is 2. The second-order valence-corrected chi connectivity index (χ2v) is 5.92. The van der Waals surface area contributed by atoms with Crippen molar-refractivity contribution in [3.8, 4) is 11.5 Å². The zero-order valence-electron chi connectivity index (χ0n) is 15.7. The Kier molecular flexibility index (Phi) is 7.74. The average Bonchev–Trinajstić information content (AvgIpc) is 3.02. The third-order valence-corrected chi connectivity index (χ3v) is 3.82. The summed E-state index contributed by atoms with van der Waals surface area (Å²) in [4.78, 5) is 11.9. The van der Waals surface area contributed by atoms with Gasteiger partial charge in [0.1, 0.15) is 0 Å². The summed E-state index contributed by atoms with van der Waals surface area (Å²) < 4.78 is 13.3. The Labute approximate surface area is 154 Å². The minimum absolute atomic E-state index is 0.160. The quantitative estimate of drug-likeness (QED) is 0.403. The van der Waals surface area contributed by atoms with Crippen LogP contribution in [0.5, 0.6) is 11.5 Å². The van der Waals surface area contributed by atoms with E-state index in [-0.39, 0.29) is 12.3 Å². The van der Waals surface area contributed by atoms with Gasteiger partial charge in [0, 0.05) is 18.9 Å². The first-order valence-corrected chi connectivity index (χ1v) is 8.95. The maximum absolute atomic E-state index is 11.9. The fraction of sp³-hybridized carbons (Fsp3) is 0.400. The van der Waals surface area contributed by atoms with Gasteiger partial charge >= 0.3 is 0 Å². The Morgan fingerprint density at radius 3 is 2.77 bits per heavy atom. The first kappa shape index (κ1) is 19.6. The lowest BCUT2D eigenvalue weighted by molar-refractivity contribution is -0.120. The van der Waals surface area contributed by atoms with Crippen molar-refractivity contribution in [2.24, 2.45) is 12.1 Å². The molecular formula is C20H27N3O3. The molecular weight excluding hydrogens is 330 g/mol. The molecule has 26 heavy (non-hydrogen) atoms. The highest BCUT2D eigenvalue weighted by Gasteiger charge is 2.07. The van der Waals surface area contributed by atoms with Crippen LogP contribution in [0.4, 0.5) is 0 Å². The number of aryl methyl sites for hydroxylation is 1. The van der Waals surface area contributed by atoms with Crippen molar-refractivity contribution in [2.45, 2.75) is 33.1 Å². The summed E-state index contributed by atoms with van der Waals surface area (Å²) >= 11 is 0. The van der Waals surface area contributed by atoms with Crippen molar-refractivity contribution in [3.05, 3.63) is 47.8 Å². The van der Waals surface area contributed by atoms with E-state index >= 15 is 0 Å². The van der Waals surface area contributed by atoms with Crippen molar-refractivity contribution in [1.82, 2.24) is 9.99 Å². The summed E-state index contributed by atoms with van der Waals surface area (Å²) in [6.45, 7) is 5.27. The normalized spacial score (nSPS) is 10.9. The molecule has 0 atom stereocenters. The van der Waals surface area contributed by atoms with E-state index < -0.39 is 0 Å². The Bertz CT molecular complexity index is 738. The molecule has 0 saturated carbocycles. The van der Waals surface area contributed by atoms with Crippen molar-refractivity contribution in [3.63, 3.8) is 0 Å². The monoisotopic (exact) mass is 357 g/mol. The highest BCUT2D eigenvalue weighted by molar-refractivity contribution is 5.83. The molecule has 1 N–H and O–H groups in total. The number of unbranched alkanes of at least 4 members (excludes halogenated alkanes) is 1. The second kappa shape index (κ2) is 10.3. The van der Waals surface area contributed by atoms with Gasteiger partial charge in [0.25, 0.3) is 0 Å². The number of hydrogen-bond acceptors (Lipinski definition) is 4. The van der Waals surface area contributed by atoms with Gasteiger partial charge in [-0.3, -0.25) is 4.79 Å². The molecule has 0 spiro atoms. The number of benzene rings is 1. The zero-order chi connectivity index (χ0) is 18.8. The predicted octanol–water partition coefficient (Wildman–Crippen LogP) is 3.30. The lowest BCUT2D eigenvalue weighted by Gasteiger charge is -2.12. The van der Waals surface area contributed by atoms with Gasteiger partial charge in [-0.2, -0.15) is 5.10 Å². The third-order valence-electron chi connectivity index (χ3n) is 3.82. The minimum Gasteiger partial charge on any atom is -0.490 e. The molecule has 0 aliphatic carbocycles. The largest absolute Gasteiger partial charge is 0.490 e. The standard InChI is InChI=1S/C20H27N3O3/c1-4-6-12-26-18-10-9-16(13-19(18)25-5-2)15-21-22-20(24)14-17-8-7-11-23(17)3/h7-11,13,15H,4-6,12,14H2,1-3H3,(H,22,24)/b21-15-. The van der Waals surface area contributed by atoms with E-state index in [2.05, 4.69) is 17.5 Å². The molecule has 0 bridgehead atoms. The summed E-state index contributed by atoms with van der Waals surface area (Å²) in [6.07, 6.45) is 5.88. The van der Waals surface area contributed by atoms with Crippen molar-refractivity contribution < 1.29 is 14.3 Å². The molecule has 0 aliphatic heterocycles. The van der Waals surface area contributed by atoms with Gasteiger partial charge in [0.05, 0.1) is 25.8 Å². The smallest absolute Gasteiger partial charge is 0.245 e. The van der Waals surface area contributed by atoms with Crippen LogP contribution in [-0.4, -0.2) is 29.9 Å². The van der Waals surface area contributed by atoms with Gasteiger partial charge in [-0.05, 0) is 49.2 Å². The molecule has 1 aromatic heterocycles. The molecule has 1 aromatic carbocycles. The molecule has 1 amide bonds. The van der Waals surface area contributed by atoms with Crippen molar-refractivity contribution >= 4 is 12.1 Å². The topological polar surface area (TPSA) is 64.8 Å². The number of aromatic nitrogens is 1. The average molecular weight is 357 g/mol. The Balaban J connectivity index is 1.94. The van der Waals surface area contributed by atoms with Crippen LogP contribution in [0.2, 0.25) is 0 Å². The number of nitrogens with one attached hydrogen (secondary N) is 1. The molecule has 0 fully saturated rings. The van der Waals surface area contributed by atoms with Crippen molar-refractivity contribution in [2.75, 3.05) is 13.2 Å². The number of hydrogen-bond donors (Lipinski definition) is 1. The summed E-state index contributed by atoms with van der Waals surface area (Å²) in [5.74, 6) is 1.25. The fourth-order valence-electron chi connectivity index (χ4n) is 2.38. The van der Waals surface area contributed by atoms with Gasteiger partial charge in [-0.1, -0.05) is 13.3 Å². The van der Waals surface area contributed by atoms with E-state index in [4.69, 9.17) is 9.47 Å². The van der Waals surface area contributed by atoms with Crippen LogP contribution in [-0.2, 0) is 18.3 Å². The van der Waals surface area contributed by atoms with Gasteiger partial charge in [0.15, 0.2) is 11.5 Å². The number of carbonyl (C=O) groups excluding carboxylic acids is 1.